The second-order valence-electron chi connectivity index (χ2n) is 3.39. The van der Waals surface area contributed by atoms with E-state index in [1.807, 2.05) is 0 Å². The van der Waals surface area contributed by atoms with Crippen molar-refractivity contribution in [2.24, 2.45) is 0 Å². The summed E-state index contributed by atoms with van der Waals surface area (Å²) in [5.74, 6) is 0. The summed E-state index contributed by atoms with van der Waals surface area (Å²) in [6.45, 7) is 5.06. The molecule has 1 nitrogen and oxygen atoms in total. The lowest BCUT2D eigenvalue weighted by atomic mass is 10.1. The Kier molecular flexibility index (Phi) is 1.92. The molecule has 2 rings (SSSR count). The van der Waals surface area contributed by atoms with E-state index in [0.717, 1.165) is 10.6 Å². The Bertz CT molecular complexity index is 112. The maximum atomic E-state index is 2.65. The zero-order valence-electron chi connectivity index (χ0n) is 6.55. The van der Waals surface area contributed by atoms with Gasteiger partial charge in [0.15, 0.2) is 0 Å². The van der Waals surface area contributed by atoms with Gasteiger partial charge in [0.2, 0.25) is 0 Å². The third kappa shape index (κ3) is 1.19. The molecule has 0 N–H and O–H groups in total. The van der Waals surface area contributed by atoms with Crippen molar-refractivity contribution < 1.29 is 0 Å². The molecular weight excluding hydrogens is 142 g/mol. The Morgan fingerprint density at radius 1 is 1.40 bits per heavy atom. The number of thioether (sulfide) groups is 1. The van der Waals surface area contributed by atoms with Crippen LogP contribution in [0.2, 0.25) is 0 Å². The van der Waals surface area contributed by atoms with Gasteiger partial charge in [-0.3, -0.25) is 4.90 Å². The van der Waals surface area contributed by atoms with Gasteiger partial charge in [0.05, 0.1) is 5.37 Å². The molecule has 0 spiro atoms. The predicted octanol–water partition coefficient (Wildman–Crippen LogP) is 1.93. The Labute approximate surface area is 67.2 Å². The summed E-state index contributed by atoms with van der Waals surface area (Å²) >= 11 is 2.18. The fourth-order valence-electron chi connectivity index (χ4n) is 1.96. The van der Waals surface area contributed by atoms with Gasteiger partial charge in [-0.2, -0.15) is 0 Å². The third-order valence-electron chi connectivity index (χ3n) is 2.43. The van der Waals surface area contributed by atoms with Crippen molar-refractivity contribution in [3.63, 3.8) is 0 Å². The van der Waals surface area contributed by atoms with Crippen LogP contribution in [-0.4, -0.2) is 28.6 Å². The molecule has 2 fully saturated rings. The molecule has 2 aliphatic rings. The van der Waals surface area contributed by atoms with Crippen LogP contribution in [0.15, 0.2) is 0 Å². The number of rotatable bonds is 0. The molecule has 2 unspecified atom stereocenters. The van der Waals surface area contributed by atoms with Crippen LogP contribution in [-0.2, 0) is 0 Å². The summed E-state index contributed by atoms with van der Waals surface area (Å²) in [6, 6.07) is 0. The summed E-state index contributed by atoms with van der Waals surface area (Å²) < 4.78 is 0. The highest BCUT2D eigenvalue weighted by Crippen LogP contribution is 2.35. The highest BCUT2D eigenvalue weighted by molar-refractivity contribution is 8.00. The molecule has 0 aromatic heterocycles. The van der Waals surface area contributed by atoms with E-state index in [9.17, 15) is 0 Å². The van der Waals surface area contributed by atoms with E-state index in [2.05, 4.69) is 23.6 Å². The van der Waals surface area contributed by atoms with Gasteiger partial charge in [0.25, 0.3) is 0 Å². The first-order valence-corrected chi connectivity index (χ1v) is 5.20. The summed E-state index contributed by atoms with van der Waals surface area (Å²) in [7, 11) is 0. The molecule has 2 saturated heterocycles. The lowest BCUT2D eigenvalue weighted by Gasteiger charge is -2.27. The van der Waals surface area contributed by atoms with Crippen molar-refractivity contribution in [1.29, 1.82) is 0 Å². The van der Waals surface area contributed by atoms with Crippen molar-refractivity contribution >= 4 is 11.8 Å². The van der Waals surface area contributed by atoms with E-state index in [1.54, 1.807) is 0 Å². The van der Waals surface area contributed by atoms with Gasteiger partial charge in [-0.25, -0.2) is 0 Å². The number of piperidine rings is 1. The van der Waals surface area contributed by atoms with Crippen LogP contribution in [0.5, 0.6) is 0 Å². The maximum absolute atomic E-state index is 2.65. The quantitative estimate of drug-likeness (QED) is 0.528. The van der Waals surface area contributed by atoms with Crippen molar-refractivity contribution in [3.8, 4) is 0 Å². The van der Waals surface area contributed by atoms with Crippen molar-refractivity contribution in [3.05, 3.63) is 0 Å². The monoisotopic (exact) mass is 157 g/mol. The molecule has 10 heavy (non-hydrogen) atoms. The van der Waals surface area contributed by atoms with E-state index in [4.69, 9.17) is 0 Å². The molecular formula is C8H15NS. The van der Waals surface area contributed by atoms with Crippen molar-refractivity contribution in [1.82, 2.24) is 4.90 Å². The van der Waals surface area contributed by atoms with Gasteiger partial charge in [-0.05, 0) is 25.8 Å². The standard InChI is InChI=1S/C8H15NS/c1-7-6-9-5-3-2-4-8(9)10-7/h7-8H,2-6H2,1H3. The van der Waals surface area contributed by atoms with Gasteiger partial charge in [-0.1, -0.05) is 6.92 Å². The SMILES string of the molecule is CC1CN2CCCCC2S1. The van der Waals surface area contributed by atoms with E-state index < -0.39 is 0 Å². The molecule has 2 atom stereocenters. The topological polar surface area (TPSA) is 3.24 Å². The summed E-state index contributed by atoms with van der Waals surface area (Å²) in [6.07, 6.45) is 4.33. The predicted molar refractivity (Wildman–Crippen MR) is 46.3 cm³/mol. The van der Waals surface area contributed by atoms with Crippen molar-refractivity contribution in [2.75, 3.05) is 13.1 Å². The first-order chi connectivity index (χ1) is 4.86. The van der Waals surface area contributed by atoms with E-state index in [-0.39, 0.29) is 0 Å². The number of hydrogen-bond donors (Lipinski definition) is 0. The molecule has 58 valence electrons. The molecule has 2 heterocycles. The Morgan fingerprint density at radius 2 is 2.30 bits per heavy atom. The summed E-state index contributed by atoms with van der Waals surface area (Å²) in [5.41, 5.74) is 0. The van der Waals surface area contributed by atoms with Gasteiger partial charge in [0, 0.05) is 11.8 Å². The third-order valence-corrected chi connectivity index (χ3v) is 3.90. The second-order valence-corrected chi connectivity index (χ2v) is 5.01. The largest absolute Gasteiger partial charge is 0.290 e. The molecule has 0 bridgehead atoms. The number of nitrogens with zero attached hydrogens (tertiary/aromatic N) is 1. The molecule has 0 aliphatic carbocycles. The summed E-state index contributed by atoms with van der Waals surface area (Å²) in [5, 5.41) is 1.78. The van der Waals surface area contributed by atoms with Crippen LogP contribution in [0.3, 0.4) is 0 Å². The van der Waals surface area contributed by atoms with Gasteiger partial charge in [-0.15, -0.1) is 11.8 Å². The van der Waals surface area contributed by atoms with E-state index >= 15 is 0 Å². The minimum atomic E-state index is 0.892. The Balaban J connectivity index is 1.97. The molecule has 0 aromatic carbocycles. The lowest BCUT2D eigenvalue weighted by molar-refractivity contribution is 0.226. The number of hydrogen-bond acceptors (Lipinski definition) is 2. The number of fused-ring (bicyclic) bond motifs is 1. The molecule has 0 amide bonds. The fraction of sp³-hybridized carbons (Fsp3) is 1.00. The first kappa shape index (κ1) is 6.99. The zero-order chi connectivity index (χ0) is 6.97. The molecule has 0 saturated carbocycles. The minimum absolute atomic E-state index is 0.892. The Morgan fingerprint density at radius 3 is 3.10 bits per heavy atom. The molecule has 0 aromatic rings. The lowest BCUT2D eigenvalue weighted by Crippen LogP contribution is -2.33. The zero-order valence-corrected chi connectivity index (χ0v) is 7.36. The minimum Gasteiger partial charge on any atom is -0.290 e. The second kappa shape index (κ2) is 2.74. The van der Waals surface area contributed by atoms with Crippen LogP contribution < -0.4 is 0 Å². The van der Waals surface area contributed by atoms with E-state index in [1.165, 1.54) is 32.4 Å². The normalized spacial score (nSPS) is 41.7. The van der Waals surface area contributed by atoms with Crippen LogP contribution in [0.25, 0.3) is 0 Å². The van der Waals surface area contributed by atoms with Gasteiger partial charge in [0.1, 0.15) is 0 Å². The average molecular weight is 157 g/mol. The van der Waals surface area contributed by atoms with Crippen molar-refractivity contribution in [2.45, 2.75) is 36.8 Å². The highest BCUT2D eigenvalue weighted by atomic mass is 32.2. The molecule has 0 radical (unpaired) electrons. The fourth-order valence-corrected chi connectivity index (χ4v) is 3.45. The molecule has 2 aliphatic heterocycles. The van der Waals surface area contributed by atoms with Crippen LogP contribution in [0.4, 0.5) is 0 Å². The van der Waals surface area contributed by atoms with E-state index in [0.29, 0.717) is 0 Å². The summed E-state index contributed by atoms with van der Waals surface area (Å²) in [4.78, 5) is 2.65. The van der Waals surface area contributed by atoms with Gasteiger partial charge >= 0.3 is 0 Å². The Hall–Kier alpha value is 0.310. The highest BCUT2D eigenvalue weighted by Gasteiger charge is 2.31. The van der Waals surface area contributed by atoms with Crippen LogP contribution in [0, 0.1) is 0 Å². The van der Waals surface area contributed by atoms with Crippen LogP contribution in [0.1, 0.15) is 26.2 Å². The average Bonchev–Trinajstić information content (AvgIpc) is 2.27. The van der Waals surface area contributed by atoms with Gasteiger partial charge < -0.3 is 0 Å². The smallest absolute Gasteiger partial charge is 0.0560 e. The first-order valence-electron chi connectivity index (χ1n) is 4.26. The maximum Gasteiger partial charge on any atom is 0.0560 e. The van der Waals surface area contributed by atoms with Crippen LogP contribution >= 0.6 is 11.8 Å². The molecule has 2 heteroatoms.